The Labute approximate surface area is 133 Å². The molecule has 0 aliphatic carbocycles. The second-order valence-electron chi connectivity index (χ2n) is 3.92. The Kier molecular flexibility index (Phi) is 4.83. The van der Waals surface area contributed by atoms with Gasteiger partial charge in [-0.25, -0.2) is 0 Å². The third-order valence-corrected chi connectivity index (χ3v) is 3.93. The van der Waals surface area contributed by atoms with Crippen molar-refractivity contribution in [3.63, 3.8) is 0 Å². The monoisotopic (exact) mass is 364 g/mol. The first-order valence-electron chi connectivity index (χ1n) is 5.75. The molecule has 5 nitrogen and oxygen atoms in total. The number of ether oxygens (including phenoxy) is 1. The minimum atomic E-state index is -0.523. The maximum absolute atomic E-state index is 11.1. The Morgan fingerprint density at radius 3 is 2.71 bits per heavy atom. The summed E-state index contributed by atoms with van der Waals surface area (Å²) >= 11 is 4.60. The standard InChI is InChI=1S/C14H9BrN2O3S/c1-21-14-4-2-3-12(10(14)8-16)20-13-6-5-9(15)7-11(13)17(18)19/h2-7H,1H3. The topological polar surface area (TPSA) is 76.2 Å². The molecule has 0 unspecified atom stereocenters. The van der Waals surface area contributed by atoms with Crippen LogP contribution < -0.4 is 4.74 Å². The predicted molar refractivity (Wildman–Crippen MR) is 83.8 cm³/mol. The van der Waals surface area contributed by atoms with Crippen molar-refractivity contribution in [1.29, 1.82) is 5.26 Å². The van der Waals surface area contributed by atoms with Gasteiger partial charge in [0.1, 0.15) is 17.4 Å². The molecule has 2 rings (SSSR count). The van der Waals surface area contributed by atoms with Crippen LogP contribution in [0.4, 0.5) is 5.69 Å². The summed E-state index contributed by atoms with van der Waals surface area (Å²) in [5.41, 5.74) is 0.199. The van der Waals surface area contributed by atoms with E-state index < -0.39 is 4.92 Å². The highest BCUT2D eigenvalue weighted by molar-refractivity contribution is 9.10. The molecule has 21 heavy (non-hydrogen) atoms. The predicted octanol–water partition coefficient (Wildman–Crippen LogP) is 4.74. The molecular weight excluding hydrogens is 356 g/mol. The number of nitro benzene ring substituents is 1. The molecule has 0 spiro atoms. The number of rotatable bonds is 4. The summed E-state index contributed by atoms with van der Waals surface area (Å²) in [7, 11) is 0. The van der Waals surface area contributed by atoms with Gasteiger partial charge in [0, 0.05) is 15.4 Å². The SMILES string of the molecule is CSc1cccc(Oc2ccc(Br)cc2[N+](=O)[O-])c1C#N. The van der Waals surface area contributed by atoms with E-state index in [2.05, 4.69) is 22.0 Å². The van der Waals surface area contributed by atoms with Crippen LogP contribution in [-0.4, -0.2) is 11.2 Å². The van der Waals surface area contributed by atoms with Gasteiger partial charge in [0.2, 0.25) is 5.75 Å². The van der Waals surface area contributed by atoms with Crippen LogP contribution in [0, 0.1) is 21.4 Å². The van der Waals surface area contributed by atoms with Crippen molar-refractivity contribution in [2.24, 2.45) is 0 Å². The van der Waals surface area contributed by atoms with Gasteiger partial charge in [-0.15, -0.1) is 11.8 Å². The second kappa shape index (κ2) is 6.61. The van der Waals surface area contributed by atoms with E-state index in [0.29, 0.717) is 15.8 Å². The fourth-order valence-corrected chi connectivity index (χ4v) is 2.63. The quantitative estimate of drug-likeness (QED) is 0.444. The highest BCUT2D eigenvalue weighted by Crippen LogP contribution is 2.36. The lowest BCUT2D eigenvalue weighted by molar-refractivity contribution is -0.385. The van der Waals surface area contributed by atoms with Crippen LogP contribution in [0.2, 0.25) is 0 Å². The fourth-order valence-electron chi connectivity index (χ4n) is 1.71. The number of halogens is 1. The van der Waals surface area contributed by atoms with Gasteiger partial charge in [0.05, 0.1) is 4.92 Å². The van der Waals surface area contributed by atoms with Crippen molar-refractivity contribution in [3.8, 4) is 17.6 Å². The summed E-state index contributed by atoms with van der Waals surface area (Å²) in [5.74, 6) is 0.396. The van der Waals surface area contributed by atoms with Gasteiger partial charge in [0.25, 0.3) is 0 Å². The molecule has 0 bridgehead atoms. The van der Waals surface area contributed by atoms with Gasteiger partial charge < -0.3 is 4.74 Å². The van der Waals surface area contributed by atoms with Crippen LogP contribution in [-0.2, 0) is 0 Å². The van der Waals surface area contributed by atoms with Gasteiger partial charge in [-0.3, -0.25) is 10.1 Å². The van der Waals surface area contributed by atoms with Crippen LogP contribution in [0.15, 0.2) is 45.8 Å². The van der Waals surface area contributed by atoms with Crippen LogP contribution in [0.5, 0.6) is 11.5 Å². The zero-order valence-corrected chi connectivity index (χ0v) is 13.3. The van der Waals surface area contributed by atoms with E-state index in [-0.39, 0.29) is 11.4 Å². The van der Waals surface area contributed by atoms with Crippen molar-refractivity contribution in [3.05, 3.63) is 56.5 Å². The first-order chi connectivity index (χ1) is 10.1. The molecule has 0 amide bonds. The number of hydrogen-bond acceptors (Lipinski definition) is 5. The van der Waals surface area contributed by atoms with Crippen molar-refractivity contribution in [2.75, 3.05) is 6.26 Å². The summed E-state index contributed by atoms with van der Waals surface area (Å²) in [6.45, 7) is 0. The van der Waals surface area contributed by atoms with E-state index in [1.807, 2.05) is 6.26 Å². The molecule has 2 aromatic rings. The molecule has 106 valence electrons. The molecule has 2 aromatic carbocycles. The Morgan fingerprint density at radius 2 is 2.10 bits per heavy atom. The molecule has 0 saturated carbocycles. The van der Waals surface area contributed by atoms with E-state index >= 15 is 0 Å². The van der Waals surface area contributed by atoms with Gasteiger partial charge in [0.15, 0.2) is 0 Å². The van der Waals surface area contributed by atoms with E-state index in [1.54, 1.807) is 24.3 Å². The average molecular weight is 365 g/mol. The summed E-state index contributed by atoms with van der Waals surface area (Å²) < 4.78 is 6.18. The van der Waals surface area contributed by atoms with Gasteiger partial charge in [-0.05, 0) is 30.5 Å². The van der Waals surface area contributed by atoms with Crippen molar-refractivity contribution in [1.82, 2.24) is 0 Å². The number of nitriles is 1. The van der Waals surface area contributed by atoms with Gasteiger partial charge in [-0.2, -0.15) is 5.26 Å². The van der Waals surface area contributed by atoms with Crippen molar-refractivity contribution >= 4 is 33.4 Å². The molecular formula is C14H9BrN2O3S. The summed E-state index contributed by atoms with van der Waals surface area (Å²) in [4.78, 5) is 11.3. The highest BCUT2D eigenvalue weighted by Gasteiger charge is 2.18. The lowest BCUT2D eigenvalue weighted by Gasteiger charge is -2.10. The molecule has 0 aromatic heterocycles. The first kappa shape index (κ1) is 15.4. The molecule has 0 saturated heterocycles. The minimum Gasteiger partial charge on any atom is -0.449 e. The van der Waals surface area contributed by atoms with Gasteiger partial charge >= 0.3 is 5.69 Å². The summed E-state index contributed by atoms with van der Waals surface area (Å²) in [6.07, 6.45) is 1.85. The zero-order valence-electron chi connectivity index (χ0n) is 10.9. The lowest BCUT2D eigenvalue weighted by atomic mass is 10.2. The van der Waals surface area contributed by atoms with E-state index in [1.165, 1.54) is 23.9 Å². The molecule has 0 aliphatic heterocycles. The minimum absolute atomic E-state index is 0.0953. The average Bonchev–Trinajstić information content (AvgIpc) is 2.48. The lowest BCUT2D eigenvalue weighted by Crippen LogP contribution is -1.95. The largest absolute Gasteiger partial charge is 0.449 e. The summed E-state index contributed by atoms with van der Waals surface area (Å²) in [6, 6.07) is 11.7. The Hall–Kier alpha value is -2.04. The molecule has 0 aliphatic rings. The molecule has 0 atom stereocenters. The van der Waals surface area contributed by atoms with E-state index in [4.69, 9.17) is 4.74 Å². The molecule has 0 heterocycles. The van der Waals surface area contributed by atoms with E-state index in [9.17, 15) is 15.4 Å². The van der Waals surface area contributed by atoms with Crippen molar-refractivity contribution in [2.45, 2.75) is 4.90 Å². The Morgan fingerprint density at radius 1 is 1.33 bits per heavy atom. The van der Waals surface area contributed by atoms with Crippen LogP contribution in [0.3, 0.4) is 0 Å². The fraction of sp³-hybridized carbons (Fsp3) is 0.0714. The maximum atomic E-state index is 11.1. The van der Waals surface area contributed by atoms with Crippen molar-refractivity contribution < 1.29 is 9.66 Å². The highest BCUT2D eigenvalue weighted by atomic mass is 79.9. The van der Waals surface area contributed by atoms with E-state index in [0.717, 1.165) is 4.90 Å². The number of thioether (sulfide) groups is 1. The number of nitro groups is 1. The Balaban J connectivity index is 2.49. The first-order valence-corrected chi connectivity index (χ1v) is 7.77. The smallest absolute Gasteiger partial charge is 0.312 e. The number of benzene rings is 2. The number of hydrogen-bond donors (Lipinski definition) is 0. The maximum Gasteiger partial charge on any atom is 0.312 e. The second-order valence-corrected chi connectivity index (χ2v) is 5.68. The third kappa shape index (κ3) is 3.35. The molecule has 0 radical (unpaired) electrons. The van der Waals surface area contributed by atoms with Crippen LogP contribution in [0.25, 0.3) is 0 Å². The third-order valence-electron chi connectivity index (χ3n) is 2.66. The van der Waals surface area contributed by atoms with Crippen LogP contribution in [0.1, 0.15) is 5.56 Å². The normalized spacial score (nSPS) is 9.95. The summed E-state index contributed by atoms with van der Waals surface area (Å²) in [5, 5.41) is 20.3. The number of nitrogens with zero attached hydrogens (tertiary/aromatic N) is 2. The molecule has 0 fully saturated rings. The van der Waals surface area contributed by atoms with Crippen LogP contribution >= 0.6 is 27.7 Å². The Bertz CT molecular complexity index is 743. The zero-order chi connectivity index (χ0) is 15.4. The molecule has 0 N–H and O–H groups in total. The van der Waals surface area contributed by atoms with Gasteiger partial charge in [-0.1, -0.05) is 22.0 Å². The molecule has 7 heteroatoms.